The van der Waals surface area contributed by atoms with Crippen LogP contribution in [0.5, 0.6) is 5.75 Å². The van der Waals surface area contributed by atoms with Crippen molar-refractivity contribution in [3.8, 4) is 5.75 Å². The Morgan fingerprint density at radius 1 is 1.14 bits per heavy atom. The molecule has 4 heteroatoms. The van der Waals surface area contributed by atoms with Crippen molar-refractivity contribution >= 4 is 10.8 Å². The summed E-state index contributed by atoms with van der Waals surface area (Å²) in [5.41, 5.74) is 0.895. The van der Waals surface area contributed by atoms with Gasteiger partial charge in [-0.05, 0) is 23.8 Å². The summed E-state index contributed by atoms with van der Waals surface area (Å²) in [6.07, 6.45) is -0.570. The molecule has 118 valence electrons. The number of hydrogen-bond donors (Lipinski definition) is 2. The van der Waals surface area contributed by atoms with Gasteiger partial charge in [0.05, 0.1) is 13.2 Å². The number of nitrogens with zero attached hydrogens (tertiary/aromatic N) is 1. The second-order valence-electron chi connectivity index (χ2n) is 5.87. The zero-order valence-electron chi connectivity index (χ0n) is 13.2. The Morgan fingerprint density at radius 2 is 1.86 bits per heavy atom. The lowest BCUT2D eigenvalue weighted by molar-refractivity contribution is 0.0504. The van der Waals surface area contributed by atoms with Crippen LogP contribution >= 0.6 is 0 Å². The summed E-state index contributed by atoms with van der Waals surface area (Å²) in [5.74, 6) is 0.758. The summed E-state index contributed by atoms with van der Waals surface area (Å²) in [7, 11) is 1.66. The number of benzene rings is 2. The first-order valence-corrected chi connectivity index (χ1v) is 7.91. The number of fused-ring (bicyclic) bond motifs is 1. The van der Waals surface area contributed by atoms with E-state index in [9.17, 15) is 5.11 Å². The lowest BCUT2D eigenvalue weighted by Crippen LogP contribution is -2.49. The quantitative estimate of drug-likeness (QED) is 0.908. The Hall–Kier alpha value is -1.62. The van der Waals surface area contributed by atoms with Gasteiger partial charge >= 0.3 is 0 Å². The first-order valence-electron chi connectivity index (χ1n) is 7.91. The van der Waals surface area contributed by atoms with Crippen molar-refractivity contribution < 1.29 is 9.84 Å². The molecule has 1 saturated heterocycles. The number of piperazine rings is 1. The molecule has 3 rings (SSSR count). The first-order chi connectivity index (χ1) is 10.7. The van der Waals surface area contributed by atoms with Crippen LogP contribution in [0.15, 0.2) is 36.4 Å². The van der Waals surface area contributed by atoms with Crippen molar-refractivity contribution in [2.75, 3.05) is 33.3 Å². The largest absolute Gasteiger partial charge is 0.496 e. The molecular formula is C18H24N2O2. The predicted octanol–water partition coefficient (Wildman–Crippen LogP) is 2.18. The molecule has 1 heterocycles. The van der Waals surface area contributed by atoms with Crippen LogP contribution in [0.2, 0.25) is 0 Å². The summed E-state index contributed by atoms with van der Waals surface area (Å²) in [5, 5.41) is 16.6. The van der Waals surface area contributed by atoms with Gasteiger partial charge < -0.3 is 15.2 Å². The summed E-state index contributed by atoms with van der Waals surface area (Å²) < 4.78 is 5.52. The SMILES string of the molecule is COc1ccc2ccccc2c1C(O)C(C)N1CCNCC1. The van der Waals surface area contributed by atoms with Gasteiger partial charge in [-0.25, -0.2) is 0 Å². The lowest BCUT2D eigenvalue weighted by atomic mass is 9.94. The normalized spacial score (nSPS) is 19.0. The van der Waals surface area contributed by atoms with Crippen LogP contribution in [0.25, 0.3) is 10.8 Å². The van der Waals surface area contributed by atoms with E-state index in [2.05, 4.69) is 29.3 Å². The smallest absolute Gasteiger partial charge is 0.125 e. The van der Waals surface area contributed by atoms with Gasteiger partial charge in [0.1, 0.15) is 5.75 Å². The van der Waals surface area contributed by atoms with E-state index in [1.807, 2.05) is 24.3 Å². The van der Waals surface area contributed by atoms with E-state index < -0.39 is 6.10 Å². The Kier molecular flexibility index (Phi) is 4.62. The highest BCUT2D eigenvalue weighted by Crippen LogP contribution is 2.35. The van der Waals surface area contributed by atoms with Crippen LogP contribution in [0.3, 0.4) is 0 Å². The summed E-state index contributed by atoms with van der Waals surface area (Å²) in [6.45, 7) is 5.97. The van der Waals surface area contributed by atoms with Crippen molar-refractivity contribution in [1.82, 2.24) is 10.2 Å². The van der Waals surface area contributed by atoms with E-state index in [0.717, 1.165) is 48.3 Å². The molecule has 0 saturated carbocycles. The van der Waals surface area contributed by atoms with Gasteiger partial charge in [-0.3, -0.25) is 4.90 Å². The van der Waals surface area contributed by atoms with E-state index in [4.69, 9.17) is 4.74 Å². The second kappa shape index (κ2) is 6.65. The maximum Gasteiger partial charge on any atom is 0.125 e. The second-order valence-corrected chi connectivity index (χ2v) is 5.87. The average Bonchev–Trinajstić information content (AvgIpc) is 2.60. The molecule has 1 aliphatic heterocycles. The number of hydrogen-bond acceptors (Lipinski definition) is 4. The third kappa shape index (κ3) is 2.82. The maximum atomic E-state index is 11.0. The van der Waals surface area contributed by atoms with Crippen molar-refractivity contribution in [2.45, 2.75) is 19.1 Å². The lowest BCUT2D eigenvalue weighted by Gasteiger charge is -2.36. The molecule has 0 spiro atoms. The number of rotatable bonds is 4. The molecule has 0 aliphatic carbocycles. The van der Waals surface area contributed by atoms with Crippen molar-refractivity contribution in [3.63, 3.8) is 0 Å². The molecule has 2 atom stereocenters. The van der Waals surface area contributed by atoms with Gasteiger partial charge in [0.2, 0.25) is 0 Å². The fraction of sp³-hybridized carbons (Fsp3) is 0.444. The number of aliphatic hydroxyl groups is 1. The Bertz CT molecular complexity index is 638. The molecule has 22 heavy (non-hydrogen) atoms. The highest BCUT2D eigenvalue weighted by Gasteiger charge is 2.27. The van der Waals surface area contributed by atoms with Crippen LogP contribution in [0, 0.1) is 0 Å². The molecule has 0 bridgehead atoms. The molecule has 2 aromatic rings. The number of methoxy groups -OCH3 is 1. The minimum atomic E-state index is -0.570. The molecular weight excluding hydrogens is 276 g/mol. The minimum Gasteiger partial charge on any atom is -0.496 e. The Morgan fingerprint density at radius 3 is 2.59 bits per heavy atom. The highest BCUT2D eigenvalue weighted by atomic mass is 16.5. The van der Waals surface area contributed by atoms with Crippen molar-refractivity contribution in [1.29, 1.82) is 0 Å². The molecule has 0 radical (unpaired) electrons. The van der Waals surface area contributed by atoms with Crippen LogP contribution in [-0.4, -0.2) is 49.3 Å². The summed E-state index contributed by atoms with van der Waals surface area (Å²) >= 11 is 0. The topological polar surface area (TPSA) is 44.7 Å². The van der Waals surface area contributed by atoms with Gasteiger partial charge in [0.15, 0.2) is 0 Å². The number of aliphatic hydroxyl groups excluding tert-OH is 1. The van der Waals surface area contributed by atoms with Crippen molar-refractivity contribution in [3.05, 3.63) is 42.0 Å². The fourth-order valence-corrected chi connectivity index (χ4v) is 3.29. The fourth-order valence-electron chi connectivity index (χ4n) is 3.29. The molecule has 1 aliphatic rings. The van der Waals surface area contributed by atoms with Crippen LogP contribution in [0.4, 0.5) is 0 Å². The summed E-state index contributed by atoms with van der Waals surface area (Å²) in [4.78, 5) is 2.34. The molecule has 0 aromatic heterocycles. The Labute approximate surface area is 131 Å². The maximum absolute atomic E-state index is 11.0. The first kappa shape index (κ1) is 15.3. The standard InChI is InChI=1S/C18H24N2O2/c1-13(20-11-9-19-10-12-20)18(21)17-15-6-4-3-5-14(15)7-8-16(17)22-2/h3-8,13,18-19,21H,9-12H2,1-2H3. The molecule has 2 N–H and O–H groups in total. The van der Waals surface area contributed by atoms with Crippen LogP contribution in [-0.2, 0) is 0 Å². The number of nitrogens with one attached hydrogen (secondary N) is 1. The monoisotopic (exact) mass is 300 g/mol. The predicted molar refractivity (Wildman–Crippen MR) is 89.4 cm³/mol. The van der Waals surface area contributed by atoms with Gasteiger partial charge in [-0.2, -0.15) is 0 Å². The minimum absolute atomic E-state index is 0.0572. The van der Waals surface area contributed by atoms with Gasteiger partial charge in [-0.1, -0.05) is 30.3 Å². The molecule has 2 aromatic carbocycles. The van der Waals surface area contributed by atoms with Crippen LogP contribution in [0.1, 0.15) is 18.6 Å². The van der Waals surface area contributed by atoms with E-state index in [1.165, 1.54) is 0 Å². The Balaban J connectivity index is 1.99. The third-order valence-corrected chi connectivity index (χ3v) is 4.63. The van der Waals surface area contributed by atoms with Gasteiger partial charge in [0.25, 0.3) is 0 Å². The van der Waals surface area contributed by atoms with Gasteiger partial charge in [-0.15, -0.1) is 0 Å². The molecule has 0 amide bonds. The van der Waals surface area contributed by atoms with E-state index in [0.29, 0.717) is 0 Å². The molecule has 1 fully saturated rings. The van der Waals surface area contributed by atoms with Crippen LogP contribution < -0.4 is 10.1 Å². The van der Waals surface area contributed by atoms with E-state index in [1.54, 1.807) is 7.11 Å². The molecule has 2 unspecified atom stereocenters. The van der Waals surface area contributed by atoms with Gasteiger partial charge in [0, 0.05) is 37.8 Å². The van der Waals surface area contributed by atoms with Crippen molar-refractivity contribution in [2.24, 2.45) is 0 Å². The number of ether oxygens (including phenoxy) is 1. The summed E-state index contributed by atoms with van der Waals surface area (Å²) in [6, 6.07) is 12.2. The third-order valence-electron chi connectivity index (χ3n) is 4.63. The highest BCUT2D eigenvalue weighted by molar-refractivity contribution is 5.88. The molecule has 4 nitrogen and oxygen atoms in total. The zero-order chi connectivity index (χ0) is 15.5. The zero-order valence-corrected chi connectivity index (χ0v) is 13.2. The average molecular weight is 300 g/mol. The van der Waals surface area contributed by atoms with E-state index >= 15 is 0 Å². The van der Waals surface area contributed by atoms with E-state index in [-0.39, 0.29) is 6.04 Å².